The number of hydrogen-bond donors (Lipinski definition) is 0. The van der Waals surface area contributed by atoms with E-state index in [1.807, 2.05) is 13.8 Å². The zero-order valence-electron chi connectivity index (χ0n) is 18.8. The maximum atomic E-state index is 11.4. The molecule has 0 aliphatic carbocycles. The largest absolute Gasteiger partial charge is 1.00 e. The Kier molecular flexibility index (Phi) is 18.8. The van der Waals surface area contributed by atoms with Crippen molar-refractivity contribution in [2.24, 2.45) is 11.8 Å². The Morgan fingerprint density at radius 1 is 0.897 bits per heavy atom. The van der Waals surface area contributed by atoms with Crippen LogP contribution in [0.4, 0.5) is 0 Å². The van der Waals surface area contributed by atoms with E-state index in [2.05, 4.69) is 27.0 Å². The van der Waals surface area contributed by atoms with Crippen LogP contribution >= 0.6 is 0 Å². The van der Waals surface area contributed by atoms with Gasteiger partial charge < -0.3 is 14.3 Å². The zero-order valence-corrected chi connectivity index (χ0v) is 21.6. The van der Waals surface area contributed by atoms with Gasteiger partial charge in [-0.2, -0.15) is 9.78 Å². The fourth-order valence-electron chi connectivity index (χ4n) is 2.66. The van der Waals surface area contributed by atoms with Crippen LogP contribution in [-0.2, 0) is 29.7 Å². The smallest absolute Gasteiger partial charge is 0.746 e. The molecule has 0 amide bonds. The van der Waals surface area contributed by atoms with E-state index in [1.54, 1.807) is 0 Å². The van der Waals surface area contributed by atoms with Crippen molar-refractivity contribution in [3.8, 4) is 0 Å². The van der Waals surface area contributed by atoms with E-state index in [9.17, 15) is 13.0 Å². The fourth-order valence-corrected chi connectivity index (χ4v) is 3.02. The van der Waals surface area contributed by atoms with Crippen LogP contribution in [0.5, 0.6) is 0 Å². The Bertz CT molecular complexity index is 551. The third kappa shape index (κ3) is 13.8. The quantitative estimate of drug-likeness (QED) is 0.105. The third-order valence-corrected chi connectivity index (χ3v) is 5.52. The van der Waals surface area contributed by atoms with Crippen LogP contribution in [-0.4, -0.2) is 25.0 Å². The first kappa shape index (κ1) is 31.1. The number of rotatable bonds is 18. The number of hydrogen-bond acceptors (Lipinski definition) is 7. The summed E-state index contributed by atoms with van der Waals surface area (Å²) in [6, 6.07) is 0. The van der Waals surface area contributed by atoms with Crippen LogP contribution in [0.3, 0.4) is 0 Å². The molecule has 7 nitrogen and oxygen atoms in total. The molecule has 0 saturated heterocycles. The average molecular weight is 445 g/mol. The molecule has 0 aromatic rings. The van der Waals surface area contributed by atoms with Crippen molar-refractivity contribution in [3.05, 3.63) is 24.7 Å². The molecule has 3 atom stereocenters. The van der Waals surface area contributed by atoms with Crippen LogP contribution in [0, 0.1) is 11.8 Å². The minimum atomic E-state index is -4.82. The molecule has 0 N–H and O–H groups in total. The molecule has 0 aromatic heterocycles. The van der Waals surface area contributed by atoms with E-state index < -0.39 is 22.2 Å². The summed E-state index contributed by atoms with van der Waals surface area (Å²) in [5.74, 6) is 0.813. The van der Waals surface area contributed by atoms with Crippen molar-refractivity contribution in [3.63, 3.8) is 0 Å². The van der Waals surface area contributed by atoms with Gasteiger partial charge in [0.05, 0.1) is 0 Å². The van der Waals surface area contributed by atoms with Crippen molar-refractivity contribution in [2.75, 3.05) is 6.61 Å². The van der Waals surface area contributed by atoms with Crippen LogP contribution in [0.25, 0.3) is 0 Å². The van der Waals surface area contributed by atoms with Gasteiger partial charge in [0.15, 0.2) is 0 Å². The third-order valence-electron chi connectivity index (χ3n) is 4.66. The molecule has 0 bridgehead atoms. The van der Waals surface area contributed by atoms with E-state index in [4.69, 9.17) is 19.6 Å². The molecule has 9 heteroatoms. The molecule has 0 fully saturated rings. The predicted molar refractivity (Wildman–Crippen MR) is 108 cm³/mol. The second-order valence-corrected chi connectivity index (χ2v) is 8.41. The Morgan fingerprint density at radius 3 is 1.72 bits per heavy atom. The molecule has 0 rings (SSSR count). The second kappa shape index (κ2) is 17.6. The van der Waals surface area contributed by atoms with Crippen LogP contribution in [0.1, 0.15) is 79.1 Å². The Morgan fingerprint density at radius 2 is 1.34 bits per heavy atom. The average Bonchev–Trinajstić information content (AvgIpc) is 2.64. The van der Waals surface area contributed by atoms with E-state index >= 15 is 0 Å². The standard InChI is InChI=1S/C20H38O7S.Na/c1-7-11-13-18(9-3)16(5)25-24-15-20(28(21,22)23)27-26-17(6)19(10-4)14-12-8-2;/h18-20H,5-15H2,1-4H3,(H,21,22,23);/q;+1/p-1. The van der Waals surface area contributed by atoms with Crippen molar-refractivity contribution >= 4 is 10.1 Å². The van der Waals surface area contributed by atoms with Crippen LogP contribution < -0.4 is 29.6 Å². The molecule has 0 aliphatic rings. The SMILES string of the molecule is C=C(OOCC(OOC(=C)C(CC)CCCC)S(=O)(=O)[O-])C(CC)CCCC.[Na+]. The topological polar surface area (TPSA) is 94.1 Å². The molecule has 29 heavy (non-hydrogen) atoms. The summed E-state index contributed by atoms with van der Waals surface area (Å²) >= 11 is 0. The summed E-state index contributed by atoms with van der Waals surface area (Å²) in [7, 11) is -4.82. The van der Waals surface area contributed by atoms with Crippen molar-refractivity contribution in [2.45, 2.75) is 84.5 Å². The van der Waals surface area contributed by atoms with E-state index in [0.717, 1.165) is 51.4 Å². The molecule has 0 heterocycles. The summed E-state index contributed by atoms with van der Waals surface area (Å²) < 4.78 is 34.2. The van der Waals surface area contributed by atoms with E-state index in [-0.39, 0.29) is 41.4 Å². The second-order valence-electron chi connectivity index (χ2n) is 6.90. The summed E-state index contributed by atoms with van der Waals surface area (Å²) in [4.78, 5) is 19.9. The summed E-state index contributed by atoms with van der Waals surface area (Å²) in [6.45, 7) is 15.1. The molecule has 0 aliphatic heterocycles. The van der Waals surface area contributed by atoms with E-state index in [1.165, 1.54) is 0 Å². The zero-order chi connectivity index (χ0) is 21.6. The summed E-state index contributed by atoms with van der Waals surface area (Å²) in [6.07, 6.45) is 7.41. The van der Waals surface area contributed by atoms with Gasteiger partial charge in [-0.3, -0.25) is 0 Å². The van der Waals surface area contributed by atoms with Gasteiger partial charge in [0.25, 0.3) is 0 Å². The summed E-state index contributed by atoms with van der Waals surface area (Å²) in [5.41, 5.74) is -1.86. The van der Waals surface area contributed by atoms with Crippen molar-refractivity contribution in [1.29, 1.82) is 0 Å². The molecular formula is C20H37NaO7S. The van der Waals surface area contributed by atoms with Gasteiger partial charge >= 0.3 is 29.6 Å². The fraction of sp³-hybridized carbons (Fsp3) is 0.800. The molecule has 0 spiro atoms. The molecule has 3 unspecified atom stereocenters. The van der Waals surface area contributed by atoms with Gasteiger partial charge in [-0.15, -0.1) is 0 Å². The minimum absolute atomic E-state index is 0. The summed E-state index contributed by atoms with van der Waals surface area (Å²) in [5, 5.41) is 0. The Labute approximate surface area is 199 Å². The molecule has 0 aromatic carbocycles. The Balaban J connectivity index is 0. The Hall–Kier alpha value is -0.0900. The first-order chi connectivity index (χ1) is 13.2. The molecule has 0 radical (unpaired) electrons. The first-order valence-corrected chi connectivity index (χ1v) is 11.6. The van der Waals surface area contributed by atoms with Gasteiger partial charge in [0, 0.05) is 11.8 Å². The van der Waals surface area contributed by atoms with E-state index in [0.29, 0.717) is 11.5 Å². The number of unbranched alkanes of at least 4 members (excludes halogenated alkanes) is 2. The monoisotopic (exact) mass is 444 g/mol. The molecule has 166 valence electrons. The van der Waals surface area contributed by atoms with Crippen LogP contribution in [0.15, 0.2) is 24.7 Å². The van der Waals surface area contributed by atoms with Crippen LogP contribution in [0.2, 0.25) is 0 Å². The maximum absolute atomic E-state index is 11.4. The predicted octanol–water partition coefficient (Wildman–Crippen LogP) is 2.22. The van der Waals surface area contributed by atoms with Crippen molar-refractivity contribution in [1.82, 2.24) is 0 Å². The van der Waals surface area contributed by atoms with Crippen molar-refractivity contribution < 1.29 is 62.1 Å². The minimum Gasteiger partial charge on any atom is -0.746 e. The van der Waals surface area contributed by atoms with Gasteiger partial charge in [0.2, 0.25) is 5.44 Å². The maximum Gasteiger partial charge on any atom is 1.00 e. The van der Waals surface area contributed by atoms with Gasteiger partial charge in [-0.1, -0.05) is 66.5 Å². The molecular weight excluding hydrogens is 407 g/mol. The van der Waals surface area contributed by atoms with Gasteiger partial charge in [0.1, 0.15) is 28.2 Å². The van der Waals surface area contributed by atoms with Gasteiger partial charge in [-0.05, 0) is 25.7 Å². The first-order valence-electron chi connectivity index (χ1n) is 10.2. The molecule has 0 saturated carbocycles. The van der Waals surface area contributed by atoms with Gasteiger partial charge in [-0.25, -0.2) is 8.42 Å². The normalized spacial score (nSPS) is 14.4. The number of allylic oxidation sites excluding steroid dienone is 2.